The first-order valence-electron chi connectivity index (χ1n) is 8.88. The second kappa shape index (κ2) is 9.71. The fourth-order valence-corrected chi connectivity index (χ4v) is 2.66. The van der Waals surface area contributed by atoms with Crippen molar-refractivity contribution in [1.82, 2.24) is 10.2 Å². The molecule has 0 spiro atoms. The monoisotopic (exact) mass is 372 g/mol. The highest BCUT2D eigenvalue weighted by Gasteiger charge is 2.17. The number of methoxy groups -OCH3 is 2. The van der Waals surface area contributed by atoms with Gasteiger partial charge in [-0.1, -0.05) is 18.2 Å². The van der Waals surface area contributed by atoms with Crippen LogP contribution in [0.1, 0.15) is 24.1 Å². The van der Waals surface area contributed by atoms with E-state index < -0.39 is 0 Å². The van der Waals surface area contributed by atoms with Gasteiger partial charge in [-0.15, -0.1) is 0 Å². The molecule has 2 rings (SSSR count). The van der Waals surface area contributed by atoms with E-state index in [1.54, 1.807) is 32.2 Å². The number of ether oxygens (including phenoxy) is 3. The molecule has 6 heteroatoms. The summed E-state index contributed by atoms with van der Waals surface area (Å²) < 4.78 is 16.4. The topological polar surface area (TPSA) is 60.0 Å². The van der Waals surface area contributed by atoms with E-state index in [9.17, 15) is 4.79 Å². The second-order valence-corrected chi connectivity index (χ2v) is 6.31. The Hall–Kier alpha value is -2.89. The normalized spacial score (nSPS) is 11.4. The summed E-state index contributed by atoms with van der Waals surface area (Å²) >= 11 is 0. The molecule has 0 saturated carbocycles. The molecule has 0 radical (unpaired) electrons. The summed E-state index contributed by atoms with van der Waals surface area (Å²) in [6.45, 7) is 4.82. The third-order valence-corrected chi connectivity index (χ3v) is 4.37. The molecule has 0 heterocycles. The van der Waals surface area contributed by atoms with E-state index in [-0.39, 0.29) is 12.1 Å². The van der Waals surface area contributed by atoms with Crippen LogP contribution in [0.3, 0.4) is 0 Å². The van der Waals surface area contributed by atoms with Crippen LogP contribution in [-0.2, 0) is 0 Å². The Balaban J connectivity index is 1.89. The van der Waals surface area contributed by atoms with Gasteiger partial charge in [0, 0.05) is 18.7 Å². The third-order valence-electron chi connectivity index (χ3n) is 4.37. The fraction of sp³-hybridized carbons (Fsp3) is 0.381. The molecular weight excluding hydrogens is 344 g/mol. The van der Waals surface area contributed by atoms with Gasteiger partial charge in [0.2, 0.25) is 0 Å². The molecule has 1 N–H and O–H groups in total. The maximum Gasteiger partial charge on any atom is 0.317 e. The average Bonchev–Trinajstić information content (AvgIpc) is 2.68. The number of amides is 2. The maximum atomic E-state index is 12.5. The van der Waals surface area contributed by atoms with E-state index in [1.807, 2.05) is 50.2 Å². The molecule has 0 aliphatic carbocycles. The van der Waals surface area contributed by atoms with Gasteiger partial charge in [0.05, 0.1) is 26.8 Å². The summed E-state index contributed by atoms with van der Waals surface area (Å²) in [5.74, 6) is 2.22. The van der Waals surface area contributed by atoms with E-state index in [0.29, 0.717) is 24.7 Å². The van der Waals surface area contributed by atoms with Crippen molar-refractivity contribution in [3.05, 3.63) is 53.6 Å². The zero-order chi connectivity index (χ0) is 19.8. The zero-order valence-corrected chi connectivity index (χ0v) is 16.6. The minimum absolute atomic E-state index is 0.172. The summed E-state index contributed by atoms with van der Waals surface area (Å²) in [6.07, 6.45) is 0. The number of nitrogens with one attached hydrogen (secondary N) is 1. The van der Waals surface area contributed by atoms with Crippen LogP contribution in [0.15, 0.2) is 42.5 Å². The molecule has 1 atom stereocenters. The molecule has 2 amide bonds. The number of para-hydroxylation sites is 1. The molecule has 0 bridgehead atoms. The van der Waals surface area contributed by atoms with Crippen molar-refractivity contribution >= 4 is 6.03 Å². The Morgan fingerprint density at radius 2 is 1.85 bits per heavy atom. The molecule has 1 unspecified atom stereocenters. The number of aryl methyl sites for hydroxylation is 1. The van der Waals surface area contributed by atoms with Crippen molar-refractivity contribution < 1.29 is 19.0 Å². The molecule has 0 fully saturated rings. The van der Waals surface area contributed by atoms with E-state index >= 15 is 0 Å². The van der Waals surface area contributed by atoms with Crippen molar-refractivity contribution in [3.8, 4) is 17.2 Å². The highest BCUT2D eigenvalue weighted by Crippen LogP contribution is 2.29. The Morgan fingerprint density at radius 3 is 2.52 bits per heavy atom. The minimum atomic E-state index is -0.210. The number of carbonyl (C=O) groups excluding carboxylic acids is 1. The predicted molar refractivity (Wildman–Crippen MR) is 106 cm³/mol. The van der Waals surface area contributed by atoms with Crippen LogP contribution in [0.4, 0.5) is 4.79 Å². The number of hydrogen-bond acceptors (Lipinski definition) is 4. The van der Waals surface area contributed by atoms with Gasteiger partial charge in [0.1, 0.15) is 23.9 Å². The molecular formula is C21H28N2O4. The van der Waals surface area contributed by atoms with Crippen LogP contribution in [-0.4, -0.2) is 45.3 Å². The minimum Gasteiger partial charge on any atom is -0.497 e. The Kier molecular flexibility index (Phi) is 7.34. The smallest absolute Gasteiger partial charge is 0.317 e. The summed E-state index contributed by atoms with van der Waals surface area (Å²) in [5, 5.41) is 2.98. The number of carbonyl (C=O) groups is 1. The van der Waals surface area contributed by atoms with Crippen LogP contribution >= 0.6 is 0 Å². The van der Waals surface area contributed by atoms with E-state index in [4.69, 9.17) is 14.2 Å². The van der Waals surface area contributed by atoms with E-state index in [0.717, 1.165) is 16.9 Å². The van der Waals surface area contributed by atoms with Crippen LogP contribution in [0.2, 0.25) is 0 Å². The van der Waals surface area contributed by atoms with Crippen molar-refractivity contribution in [2.45, 2.75) is 19.9 Å². The first-order chi connectivity index (χ1) is 13.0. The second-order valence-electron chi connectivity index (χ2n) is 6.31. The SMILES string of the molecule is COc1ccc(C(C)NC(=O)N(C)CCOc2ccccc2C)c(OC)c1. The lowest BCUT2D eigenvalue weighted by molar-refractivity contribution is 0.192. The molecule has 146 valence electrons. The van der Waals surface area contributed by atoms with Crippen molar-refractivity contribution in [2.24, 2.45) is 0 Å². The molecule has 2 aromatic carbocycles. The maximum absolute atomic E-state index is 12.5. The number of likely N-dealkylation sites (N-methyl/N-ethyl adjacent to an activating group) is 1. The lowest BCUT2D eigenvalue weighted by atomic mass is 10.1. The molecule has 27 heavy (non-hydrogen) atoms. The average molecular weight is 372 g/mol. The molecule has 0 aromatic heterocycles. The van der Waals surface area contributed by atoms with Gasteiger partial charge in [-0.05, 0) is 37.6 Å². The number of urea groups is 1. The van der Waals surface area contributed by atoms with Gasteiger partial charge in [0.25, 0.3) is 0 Å². The van der Waals surface area contributed by atoms with Crippen LogP contribution in [0, 0.1) is 6.92 Å². The Labute approximate surface area is 161 Å². The van der Waals surface area contributed by atoms with Crippen LogP contribution < -0.4 is 19.5 Å². The quantitative estimate of drug-likeness (QED) is 0.766. The van der Waals surface area contributed by atoms with Gasteiger partial charge in [-0.2, -0.15) is 0 Å². The van der Waals surface area contributed by atoms with Crippen LogP contribution in [0.25, 0.3) is 0 Å². The van der Waals surface area contributed by atoms with Crippen molar-refractivity contribution in [1.29, 1.82) is 0 Å². The van der Waals surface area contributed by atoms with Gasteiger partial charge < -0.3 is 24.4 Å². The lowest BCUT2D eigenvalue weighted by Gasteiger charge is -2.23. The van der Waals surface area contributed by atoms with Gasteiger partial charge in [0.15, 0.2) is 0 Å². The van der Waals surface area contributed by atoms with Crippen LogP contribution in [0.5, 0.6) is 17.2 Å². The highest BCUT2D eigenvalue weighted by atomic mass is 16.5. The lowest BCUT2D eigenvalue weighted by Crippen LogP contribution is -2.40. The summed E-state index contributed by atoms with van der Waals surface area (Å²) in [4.78, 5) is 14.1. The predicted octanol–water partition coefficient (Wildman–Crippen LogP) is 3.79. The standard InChI is InChI=1S/C21H28N2O4/c1-15-8-6-7-9-19(15)27-13-12-23(3)21(24)22-16(2)18-11-10-17(25-4)14-20(18)26-5/h6-11,14,16H,12-13H2,1-5H3,(H,22,24). The third kappa shape index (κ3) is 5.54. The number of hydrogen-bond donors (Lipinski definition) is 1. The molecule has 0 aliphatic rings. The van der Waals surface area contributed by atoms with Gasteiger partial charge in [-0.3, -0.25) is 0 Å². The zero-order valence-electron chi connectivity index (χ0n) is 16.6. The molecule has 6 nitrogen and oxygen atoms in total. The first-order valence-corrected chi connectivity index (χ1v) is 8.88. The number of benzene rings is 2. The Bertz CT molecular complexity index is 764. The van der Waals surface area contributed by atoms with E-state index in [1.165, 1.54) is 0 Å². The summed E-state index contributed by atoms with van der Waals surface area (Å²) in [6, 6.07) is 13.0. The molecule has 0 saturated heterocycles. The molecule has 0 aliphatic heterocycles. The number of nitrogens with zero attached hydrogens (tertiary/aromatic N) is 1. The Morgan fingerprint density at radius 1 is 1.11 bits per heavy atom. The van der Waals surface area contributed by atoms with Crippen molar-refractivity contribution in [2.75, 3.05) is 34.4 Å². The highest BCUT2D eigenvalue weighted by molar-refractivity contribution is 5.74. The largest absolute Gasteiger partial charge is 0.497 e. The van der Waals surface area contributed by atoms with E-state index in [2.05, 4.69) is 5.32 Å². The number of rotatable bonds is 8. The van der Waals surface area contributed by atoms with Crippen molar-refractivity contribution in [3.63, 3.8) is 0 Å². The van der Waals surface area contributed by atoms with Gasteiger partial charge >= 0.3 is 6.03 Å². The summed E-state index contributed by atoms with van der Waals surface area (Å²) in [5.41, 5.74) is 1.96. The first kappa shape index (κ1) is 20.4. The molecule has 2 aromatic rings. The summed E-state index contributed by atoms with van der Waals surface area (Å²) in [7, 11) is 4.95. The van der Waals surface area contributed by atoms with Gasteiger partial charge in [-0.25, -0.2) is 4.79 Å². The fourth-order valence-electron chi connectivity index (χ4n) is 2.66.